The predicted molar refractivity (Wildman–Crippen MR) is 145 cm³/mol. The second-order valence-corrected chi connectivity index (χ2v) is 11.7. The van der Waals surface area contributed by atoms with Gasteiger partial charge in [-0.3, -0.25) is 14.0 Å². The van der Waals surface area contributed by atoms with Crippen molar-refractivity contribution >= 4 is 34.0 Å². The molecule has 0 radical (unpaired) electrons. The maximum atomic E-state index is 11.5. The Morgan fingerprint density at radius 3 is 2.20 bits per heavy atom. The average molecular weight is 578 g/mol. The Kier molecular flexibility index (Phi) is 8.68. The van der Waals surface area contributed by atoms with Gasteiger partial charge in [0.25, 0.3) is 16.0 Å². The van der Waals surface area contributed by atoms with E-state index in [-0.39, 0.29) is 17.2 Å². The molecule has 2 N–H and O–H groups in total. The highest BCUT2D eigenvalue weighted by atomic mass is 32.2. The highest BCUT2D eigenvalue weighted by molar-refractivity contribution is 7.85. The number of anilines is 3. The molecule has 3 aliphatic rings. The Morgan fingerprint density at radius 2 is 1.73 bits per heavy atom. The highest BCUT2D eigenvalue weighted by Crippen LogP contribution is 2.47. The van der Waals surface area contributed by atoms with Gasteiger partial charge >= 0.3 is 0 Å². The molecule has 3 aromatic rings. The van der Waals surface area contributed by atoms with Gasteiger partial charge in [-0.25, -0.2) is 13.8 Å². The zero-order chi connectivity index (χ0) is 29.1. The third kappa shape index (κ3) is 7.50. The van der Waals surface area contributed by atoms with Crippen molar-refractivity contribution in [2.75, 3.05) is 23.3 Å². The lowest BCUT2D eigenvalue weighted by atomic mass is 10.2. The first kappa shape index (κ1) is 29.3. The number of hydrogen-bond donors (Lipinski definition) is 2. The van der Waals surface area contributed by atoms with E-state index >= 15 is 0 Å². The maximum Gasteiger partial charge on any atom is 0.294 e. The summed E-state index contributed by atoms with van der Waals surface area (Å²) in [5, 5.41) is 7.28. The lowest BCUT2D eigenvalue weighted by Crippen LogP contribution is -2.53. The Bertz CT molecular complexity index is 1400. The van der Waals surface area contributed by atoms with Crippen molar-refractivity contribution in [3.63, 3.8) is 0 Å². The third-order valence-corrected chi connectivity index (χ3v) is 7.91. The summed E-state index contributed by atoms with van der Waals surface area (Å²) >= 11 is 0. The minimum Gasteiger partial charge on any atom is -0.352 e. The summed E-state index contributed by atoms with van der Waals surface area (Å²) in [4.78, 5) is 24.2. The number of alkyl halides is 2. The van der Waals surface area contributed by atoms with Crippen LogP contribution >= 0.6 is 0 Å². The van der Waals surface area contributed by atoms with Gasteiger partial charge in [0.15, 0.2) is 0 Å². The third-order valence-electron chi connectivity index (χ3n) is 7.04. The van der Waals surface area contributed by atoms with Gasteiger partial charge in [-0.05, 0) is 38.0 Å². The molecule has 3 fully saturated rings. The van der Waals surface area contributed by atoms with Crippen LogP contribution in [0.3, 0.4) is 0 Å². The number of nitrogens with zero attached hydrogens (tertiary/aromatic N) is 6. The smallest absolute Gasteiger partial charge is 0.294 e. The molecule has 2 bridgehead atoms. The Balaban J connectivity index is 0.000000179. The second-order valence-electron chi connectivity index (χ2n) is 10.3. The molecular weight excluding hydrogens is 544 g/mol. The molecule has 4 heterocycles. The number of nitrogens with one attached hydrogen (secondary N) is 1. The largest absolute Gasteiger partial charge is 0.352 e. The quantitative estimate of drug-likeness (QED) is 0.344. The summed E-state index contributed by atoms with van der Waals surface area (Å²) in [6, 6.07) is 8.51. The zero-order valence-electron chi connectivity index (χ0n) is 22.5. The van der Waals surface area contributed by atoms with Crippen LogP contribution in [0.15, 0.2) is 53.8 Å². The molecule has 1 unspecified atom stereocenters. The number of benzene rings is 1. The fourth-order valence-corrected chi connectivity index (χ4v) is 5.03. The fraction of sp³-hybridized carbons (Fsp3) is 0.462. The van der Waals surface area contributed by atoms with Crippen LogP contribution in [-0.4, -0.2) is 75.1 Å². The number of piperazine rings is 1. The Hall–Kier alpha value is -3.65. The molecule has 6 rings (SSSR count). The van der Waals surface area contributed by atoms with Gasteiger partial charge in [-0.2, -0.15) is 18.5 Å². The lowest BCUT2D eigenvalue weighted by Gasteiger charge is -2.39. The van der Waals surface area contributed by atoms with E-state index in [0.29, 0.717) is 18.0 Å². The minimum absolute atomic E-state index is 0.0666. The van der Waals surface area contributed by atoms with Gasteiger partial charge in [0.05, 0.1) is 16.8 Å². The molecule has 2 aliphatic heterocycles. The predicted octanol–water partition coefficient (Wildman–Crippen LogP) is 3.67. The molecule has 2 saturated heterocycles. The van der Waals surface area contributed by atoms with Gasteiger partial charge in [-0.1, -0.05) is 24.6 Å². The molecule has 3 atom stereocenters. The van der Waals surface area contributed by atoms with E-state index in [1.807, 2.05) is 31.1 Å². The Labute approximate surface area is 232 Å². The van der Waals surface area contributed by atoms with Crippen LogP contribution in [0.4, 0.5) is 26.2 Å². The number of carbonyl (C=O) groups excluding carboxylic acids is 1. The number of amides is 1. The number of carbonyl (C=O) groups is 1. The number of hydrogen-bond acceptors (Lipinski definition) is 8. The average Bonchev–Trinajstić information content (AvgIpc) is 3.14. The van der Waals surface area contributed by atoms with Crippen LogP contribution < -0.4 is 10.2 Å². The van der Waals surface area contributed by atoms with Gasteiger partial charge in [0, 0.05) is 57.0 Å². The molecule has 1 aliphatic carbocycles. The van der Waals surface area contributed by atoms with Crippen LogP contribution in [0.2, 0.25) is 0 Å². The second kappa shape index (κ2) is 11.8. The summed E-state index contributed by atoms with van der Waals surface area (Å²) in [5.41, 5.74) is 1.81. The molecule has 1 amide bonds. The standard InChI is InChI=1S/C15H19N7O.C7H8O3S.C4H6F2/c1-20-7-11(6-17-20)18-15-16-5-4-14(19-15)21-8-12-2-3-13(9-21)22(12)10-23;1-6-2-4-7(5-3-6)11(8,9)10;1-3-2-4(3,5)6/h4-7,10,12-13H,2-3,8-9H2,1H3,(H,16,18,19);2-5H,1H3,(H,8,9,10);3H,2H2,1H3/t12-,13-;;/m0../s1. The number of aryl methyl sites for hydroxylation is 2. The summed E-state index contributed by atoms with van der Waals surface area (Å²) < 4.78 is 54.3. The lowest BCUT2D eigenvalue weighted by molar-refractivity contribution is -0.121. The Morgan fingerprint density at radius 1 is 1.12 bits per heavy atom. The summed E-state index contributed by atoms with van der Waals surface area (Å²) in [6.45, 7) is 5.06. The van der Waals surface area contributed by atoms with E-state index in [4.69, 9.17) is 4.55 Å². The van der Waals surface area contributed by atoms with Crippen molar-refractivity contribution in [2.24, 2.45) is 13.0 Å². The van der Waals surface area contributed by atoms with E-state index in [9.17, 15) is 22.0 Å². The molecule has 40 heavy (non-hydrogen) atoms. The molecule has 11 nitrogen and oxygen atoms in total. The summed E-state index contributed by atoms with van der Waals surface area (Å²) in [7, 11) is -2.15. The SMILES string of the molecule is CC1CC1(F)F.Cc1ccc(S(=O)(=O)O)cc1.Cn1cc(Nc2nccc(N3C[C@@H]4CC[C@@H](C3)N4C=O)n2)cn1. The molecule has 14 heteroatoms. The van der Waals surface area contributed by atoms with E-state index in [0.717, 1.165) is 49.4 Å². The van der Waals surface area contributed by atoms with Gasteiger partial charge in [-0.15, -0.1) is 0 Å². The van der Waals surface area contributed by atoms with Gasteiger partial charge in [0.2, 0.25) is 12.4 Å². The normalized spacial score (nSPS) is 22.4. The first-order chi connectivity index (χ1) is 18.9. The van der Waals surface area contributed by atoms with E-state index in [2.05, 4.69) is 25.3 Å². The van der Waals surface area contributed by atoms with Crippen molar-refractivity contribution in [1.82, 2.24) is 24.6 Å². The van der Waals surface area contributed by atoms with Crippen LogP contribution in [0.5, 0.6) is 0 Å². The zero-order valence-corrected chi connectivity index (χ0v) is 23.3. The first-order valence-electron chi connectivity index (χ1n) is 12.8. The van der Waals surface area contributed by atoms with E-state index < -0.39 is 16.0 Å². The van der Waals surface area contributed by atoms with E-state index in [1.165, 1.54) is 12.1 Å². The van der Waals surface area contributed by atoms with Gasteiger partial charge < -0.3 is 15.1 Å². The fourth-order valence-electron chi connectivity index (χ4n) is 4.55. The van der Waals surface area contributed by atoms with Crippen molar-refractivity contribution in [1.29, 1.82) is 0 Å². The number of halogens is 2. The van der Waals surface area contributed by atoms with Crippen molar-refractivity contribution in [3.05, 3.63) is 54.5 Å². The minimum atomic E-state index is -4.02. The monoisotopic (exact) mass is 577 g/mol. The summed E-state index contributed by atoms with van der Waals surface area (Å²) in [6.07, 6.45) is 8.62. The molecule has 2 aromatic heterocycles. The highest BCUT2D eigenvalue weighted by Gasteiger charge is 2.53. The van der Waals surface area contributed by atoms with Crippen molar-refractivity contribution < 1.29 is 26.5 Å². The van der Waals surface area contributed by atoms with Crippen LogP contribution in [0, 0.1) is 12.8 Å². The molecule has 1 saturated carbocycles. The van der Waals surface area contributed by atoms with Crippen LogP contribution in [0.1, 0.15) is 31.7 Å². The summed E-state index contributed by atoms with van der Waals surface area (Å²) in [5.74, 6) is -1.17. The van der Waals surface area contributed by atoms with Crippen molar-refractivity contribution in [3.8, 4) is 0 Å². The van der Waals surface area contributed by atoms with E-state index in [1.54, 1.807) is 36.1 Å². The molecular formula is C26H33F2N7O4S. The number of fused-ring (bicyclic) bond motifs is 2. The van der Waals surface area contributed by atoms with Crippen molar-refractivity contribution in [2.45, 2.75) is 56.0 Å². The van der Waals surface area contributed by atoms with Gasteiger partial charge in [0.1, 0.15) is 5.82 Å². The topological polar surface area (TPSA) is 134 Å². The van der Waals surface area contributed by atoms with Crippen LogP contribution in [-0.2, 0) is 22.0 Å². The maximum absolute atomic E-state index is 11.5. The molecule has 216 valence electrons. The molecule has 0 spiro atoms. The first-order valence-corrected chi connectivity index (χ1v) is 14.3. The van der Waals surface area contributed by atoms with Crippen LogP contribution in [0.25, 0.3) is 0 Å². The number of aromatic nitrogens is 4. The number of rotatable bonds is 5. The molecule has 1 aromatic carbocycles.